The van der Waals surface area contributed by atoms with Crippen LogP contribution in [0.15, 0.2) is 0 Å². The van der Waals surface area contributed by atoms with Crippen molar-refractivity contribution in [1.82, 2.24) is 15.1 Å². The number of aromatic nitrogens is 2. The zero-order valence-corrected chi connectivity index (χ0v) is 12.9. The molecule has 2 amide bonds. The summed E-state index contributed by atoms with van der Waals surface area (Å²) in [7, 11) is 0. The van der Waals surface area contributed by atoms with Crippen LogP contribution < -0.4 is 5.73 Å². The lowest BCUT2D eigenvalue weighted by atomic mass is 9.93. The Balaban J connectivity index is 1.62. The van der Waals surface area contributed by atoms with Crippen molar-refractivity contribution >= 4 is 11.8 Å². The standard InChI is InChI=1S/C16H24N4O2/c17-15(21)8-11-4-3-7-20(10-11)16(22)9-14-12-5-1-2-6-13(12)18-19-14/h11H,1-10H2,(H2,17,21)(H,18,19). The maximum atomic E-state index is 12.5. The normalized spacial score (nSPS) is 21.5. The molecule has 1 aromatic heterocycles. The van der Waals surface area contributed by atoms with Gasteiger partial charge in [0.2, 0.25) is 11.8 Å². The van der Waals surface area contributed by atoms with E-state index in [9.17, 15) is 9.59 Å². The number of hydrogen-bond acceptors (Lipinski definition) is 3. The average Bonchev–Trinajstić information content (AvgIpc) is 2.90. The van der Waals surface area contributed by atoms with Gasteiger partial charge in [0.15, 0.2) is 0 Å². The molecule has 3 rings (SSSR count). The summed E-state index contributed by atoms with van der Waals surface area (Å²) in [6, 6.07) is 0. The molecule has 6 heteroatoms. The van der Waals surface area contributed by atoms with Gasteiger partial charge in [0.25, 0.3) is 0 Å². The molecule has 1 aliphatic carbocycles. The third-order valence-corrected chi connectivity index (χ3v) is 4.82. The van der Waals surface area contributed by atoms with Gasteiger partial charge < -0.3 is 10.6 Å². The highest BCUT2D eigenvalue weighted by molar-refractivity contribution is 5.79. The number of piperidine rings is 1. The van der Waals surface area contributed by atoms with E-state index < -0.39 is 0 Å². The summed E-state index contributed by atoms with van der Waals surface area (Å²) in [4.78, 5) is 25.5. The molecule has 2 heterocycles. The van der Waals surface area contributed by atoms with Crippen molar-refractivity contribution < 1.29 is 9.59 Å². The minimum absolute atomic E-state index is 0.119. The Morgan fingerprint density at radius 2 is 2.09 bits per heavy atom. The van der Waals surface area contributed by atoms with Crippen molar-refractivity contribution in [2.75, 3.05) is 13.1 Å². The topological polar surface area (TPSA) is 92.1 Å². The molecule has 0 bridgehead atoms. The van der Waals surface area contributed by atoms with Crippen LogP contribution in [0.25, 0.3) is 0 Å². The highest BCUT2D eigenvalue weighted by Gasteiger charge is 2.26. The number of aryl methyl sites for hydroxylation is 1. The van der Waals surface area contributed by atoms with Crippen LogP contribution in [0.2, 0.25) is 0 Å². The molecule has 120 valence electrons. The predicted octanol–water partition coefficient (Wildman–Crippen LogP) is 0.945. The number of H-pyrrole nitrogens is 1. The number of nitrogens with zero attached hydrogens (tertiary/aromatic N) is 2. The van der Waals surface area contributed by atoms with Crippen LogP contribution in [-0.4, -0.2) is 40.0 Å². The van der Waals surface area contributed by atoms with Crippen molar-refractivity contribution in [3.8, 4) is 0 Å². The van der Waals surface area contributed by atoms with Gasteiger partial charge in [-0.3, -0.25) is 14.7 Å². The second-order valence-electron chi connectivity index (χ2n) is 6.53. The summed E-state index contributed by atoms with van der Waals surface area (Å²) < 4.78 is 0. The Labute approximate surface area is 130 Å². The average molecular weight is 304 g/mol. The van der Waals surface area contributed by atoms with Crippen molar-refractivity contribution in [1.29, 1.82) is 0 Å². The van der Waals surface area contributed by atoms with Gasteiger partial charge in [-0.15, -0.1) is 0 Å². The van der Waals surface area contributed by atoms with E-state index in [1.807, 2.05) is 4.90 Å². The molecule has 1 fully saturated rings. The maximum Gasteiger partial charge on any atom is 0.228 e. The number of nitrogens with one attached hydrogen (secondary N) is 1. The number of hydrogen-bond donors (Lipinski definition) is 2. The van der Waals surface area contributed by atoms with E-state index >= 15 is 0 Å². The third-order valence-electron chi connectivity index (χ3n) is 4.82. The van der Waals surface area contributed by atoms with Crippen LogP contribution in [0.1, 0.15) is 49.1 Å². The number of aromatic amines is 1. The number of rotatable bonds is 4. The Morgan fingerprint density at radius 1 is 1.27 bits per heavy atom. The van der Waals surface area contributed by atoms with Gasteiger partial charge in [0.1, 0.15) is 0 Å². The molecule has 1 atom stereocenters. The number of nitrogens with two attached hydrogens (primary N) is 1. The largest absolute Gasteiger partial charge is 0.370 e. The van der Waals surface area contributed by atoms with E-state index in [4.69, 9.17) is 5.73 Å². The van der Waals surface area contributed by atoms with Crippen LogP contribution in [0.4, 0.5) is 0 Å². The zero-order chi connectivity index (χ0) is 15.5. The summed E-state index contributed by atoms with van der Waals surface area (Å²) in [5.41, 5.74) is 8.65. The van der Waals surface area contributed by atoms with Crippen LogP contribution in [0.3, 0.4) is 0 Å². The van der Waals surface area contributed by atoms with Gasteiger partial charge in [-0.1, -0.05) is 0 Å². The van der Waals surface area contributed by atoms with E-state index in [-0.39, 0.29) is 17.7 Å². The van der Waals surface area contributed by atoms with E-state index in [2.05, 4.69) is 10.2 Å². The highest BCUT2D eigenvalue weighted by atomic mass is 16.2. The highest BCUT2D eigenvalue weighted by Crippen LogP contribution is 2.24. The number of fused-ring (bicyclic) bond motifs is 1. The fraction of sp³-hybridized carbons (Fsp3) is 0.688. The predicted molar refractivity (Wildman–Crippen MR) is 82.0 cm³/mol. The first kappa shape index (κ1) is 15.1. The quantitative estimate of drug-likeness (QED) is 0.867. The van der Waals surface area contributed by atoms with Crippen LogP contribution in [0.5, 0.6) is 0 Å². The molecule has 3 N–H and O–H groups in total. The number of amides is 2. The van der Waals surface area contributed by atoms with Crippen molar-refractivity contribution in [2.24, 2.45) is 11.7 Å². The van der Waals surface area contributed by atoms with Gasteiger partial charge in [-0.25, -0.2) is 0 Å². The zero-order valence-electron chi connectivity index (χ0n) is 12.9. The van der Waals surface area contributed by atoms with Crippen LogP contribution in [-0.2, 0) is 28.9 Å². The van der Waals surface area contributed by atoms with Gasteiger partial charge in [0.05, 0.1) is 12.1 Å². The molecule has 0 spiro atoms. The number of primary amides is 1. The van der Waals surface area contributed by atoms with E-state index in [0.717, 1.165) is 37.9 Å². The molecule has 0 saturated carbocycles. The fourth-order valence-electron chi connectivity index (χ4n) is 3.69. The fourth-order valence-corrected chi connectivity index (χ4v) is 3.69. The Hall–Kier alpha value is -1.85. The van der Waals surface area contributed by atoms with E-state index in [1.54, 1.807) is 0 Å². The summed E-state index contributed by atoms with van der Waals surface area (Å²) in [6.45, 7) is 1.43. The summed E-state index contributed by atoms with van der Waals surface area (Å²) in [5, 5.41) is 7.44. The molecule has 0 aromatic carbocycles. The minimum atomic E-state index is -0.277. The molecular formula is C16H24N4O2. The van der Waals surface area contributed by atoms with Crippen LogP contribution >= 0.6 is 0 Å². The summed E-state index contributed by atoms with van der Waals surface area (Å²) in [5.74, 6) is 0.0537. The first-order valence-corrected chi connectivity index (χ1v) is 8.24. The second-order valence-corrected chi connectivity index (χ2v) is 6.53. The monoisotopic (exact) mass is 304 g/mol. The molecule has 0 radical (unpaired) electrons. The molecule has 1 saturated heterocycles. The molecule has 1 aliphatic heterocycles. The Bertz CT molecular complexity index is 566. The molecule has 1 aromatic rings. The lowest BCUT2D eigenvalue weighted by molar-refractivity contribution is -0.133. The first-order valence-electron chi connectivity index (χ1n) is 8.24. The smallest absolute Gasteiger partial charge is 0.228 e. The molecule has 6 nitrogen and oxygen atoms in total. The lowest BCUT2D eigenvalue weighted by Crippen LogP contribution is -2.41. The van der Waals surface area contributed by atoms with Crippen LogP contribution in [0, 0.1) is 5.92 Å². The second kappa shape index (κ2) is 6.50. The Morgan fingerprint density at radius 3 is 2.91 bits per heavy atom. The Kier molecular flexibility index (Phi) is 4.45. The SMILES string of the molecule is NC(=O)CC1CCCN(C(=O)Cc2n[nH]c3c2CCCC3)C1. The van der Waals surface area contributed by atoms with Gasteiger partial charge in [0, 0.05) is 25.2 Å². The van der Waals surface area contributed by atoms with Crippen molar-refractivity contribution in [2.45, 2.75) is 51.4 Å². The third kappa shape index (κ3) is 3.31. The van der Waals surface area contributed by atoms with Gasteiger partial charge in [-0.2, -0.15) is 5.10 Å². The molecular weight excluding hydrogens is 280 g/mol. The number of likely N-dealkylation sites (tertiary alicyclic amines) is 1. The first-order chi connectivity index (χ1) is 10.6. The number of carbonyl (C=O) groups is 2. The maximum absolute atomic E-state index is 12.5. The van der Waals surface area contributed by atoms with E-state index in [0.29, 0.717) is 19.4 Å². The number of carbonyl (C=O) groups excluding carboxylic acids is 2. The summed E-state index contributed by atoms with van der Waals surface area (Å²) in [6.07, 6.45) is 7.12. The molecule has 1 unspecified atom stereocenters. The summed E-state index contributed by atoms with van der Waals surface area (Å²) >= 11 is 0. The molecule has 2 aliphatic rings. The van der Waals surface area contributed by atoms with E-state index in [1.165, 1.54) is 24.1 Å². The van der Waals surface area contributed by atoms with Crippen molar-refractivity contribution in [3.05, 3.63) is 17.0 Å². The minimum Gasteiger partial charge on any atom is -0.370 e. The van der Waals surface area contributed by atoms with Crippen molar-refractivity contribution in [3.63, 3.8) is 0 Å². The molecule has 22 heavy (non-hydrogen) atoms. The van der Waals surface area contributed by atoms with Gasteiger partial charge >= 0.3 is 0 Å². The van der Waals surface area contributed by atoms with Gasteiger partial charge in [-0.05, 0) is 50.0 Å². The lowest BCUT2D eigenvalue weighted by Gasteiger charge is -2.32.